The lowest BCUT2D eigenvalue weighted by atomic mass is 10.1. The molecular weight excluding hydrogens is 230 g/mol. The van der Waals surface area contributed by atoms with Gasteiger partial charge in [0, 0.05) is 12.8 Å². The highest BCUT2D eigenvalue weighted by Crippen LogP contribution is 2.15. The highest BCUT2D eigenvalue weighted by Gasteiger charge is 2.23. The van der Waals surface area contributed by atoms with Gasteiger partial charge in [0.1, 0.15) is 0 Å². The van der Waals surface area contributed by atoms with Crippen molar-refractivity contribution in [3.05, 3.63) is 30.1 Å². The number of nitrogens with one attached hydrogen (secondary N) is 2. The van der Waals surface area contributed by atoms with Crippen LogP contribution in [0.25, 0.3) is 0 Å². The zero-order chi connectivity index (χ0) is 12.8. The van der Waals surface area contributed by atoms with Crippen LogP contribution in [-0.2, 0) is 11.3 Å². The SMILES string of the molecule is CC(NC(=O)NCc1ccccn1)C1CCCO1. The number of aromatic nitrogens is 1. The van der Waals surface area contributed by atoms with E-state index < -0.39 is 0 Å². The summed E-state index contributed by atoms with van der Waals surface area (Å²) in [5, 5.41) is 5.67. The van der Waals surface area contributed by atoms with Crippen LogP contribution in [0.2, 0.25) is 0 Å². The fourth-order valence-corrected chi connectivity index (χ4v) is 2.02. The van der Waals surface area contributed by atoms with Gasteiger partial charge < -0.3 is 15.4 Å². The van der Waals surface area contributed by atoms with E-state index in [0.717, 1.165) is 25.1 Å². The molecule has 1 aromatic rings. The van der Waals surface area contributed by atoms with Gasteiger partial charge in [-0.15, -0.1) is 0 Å². The first-order chi connectivity index (χ1) is 8.75. The first-order valence-corrected chi connectivity index (χ1v) is 6.31. The molecule has 18 heavy (non-hydrogen) atoms. The third-order valence-corrected chi connectivity index (χ3v) is 3.04. The van der Waals surface area contributed by atoms with Crippen molar-refractivity contribution in [2.24, 2.45) is 0 Å². The Bertz CT molecular complexity index is 377. The Kier molecular flexibility index (Phi) is 4.52. The van der Waals surface area contributed by atoms with E-state index >= 15 is 0 Å². The molecule has 2 N–H and O–H groups in total. The van der Waals surface area contributed by atoms with Crippen LogP contribution in [0.1, 0.15) is 25.5 Å². The molecule has 2 amide bonds. The number of carbonyl (C=O) groups is 1. The molecule has 2 rings (SSSR count). The molecule has 1 aliphatic heterocycles. The Morgan fingerprint density at radius 1 is 1.61 bits per heavy atom. The summed E-state index contributed by atoms with van der Waals surface area (Å²) < 4.78 is 5.52. The number of pyridine rings is 1. The number of ether oxygens (including phenoxy) is 1. The predicted octanol–water partition coefficient (Wildman–Crippen LogP) is 1.45. The van der Waals surface area contributed by atoms with E-state index in [0.29, 0.717) is 6.54 Å². The molecule has 0 saturated carbocycles. The molecule has 0 aliphatic carbocycles. The van der Waals surface area contributed by atoms with Crippen LogP contribution in [0.4, 0.5) is 4.79 Å². The maximum absolute atomic E-state index is 11.7. The minimum absolute atomic E-state index is 0.0382. The van der Waals surface area contributed by atoms with Crippen LogP contribution in [0.15, 0.2) is 24.4 Å². The maximum Gasteiger partial charge on any atom is 0.315 e. The molecule has 0 bridgehead atoms. The predicted molar refractivity (Wildman–Crippen MR) is 68.0 cm³/mol. The van der Waals surface area contributed by atoms with Gasteiger partial charge in [0.15, 0.2) is 0 Å². The van der Waals surface area contributed by atoms with Gasteiger partial charge in [-0.1, -0.05) is 6.07 Å². The van der Waals surface area contributed by atoms with Gasteiger partial charge in [-0.25, -0.2) is 4.79 Å². The second kappa shape index (κ2) is 6.35. The van der Waals surface area contributed by atoms with Gasteiger partial charge in [0.2, 0.25) is 0 Å². The number of hydrogen-bond donors (Lipinski definition) is 2. The number of amides is 2. The Balaban J connectivity index is 1.71. The van der Waals surface area contributed by atoms with Crippen LogP contribution >= 0.6 is 0 Å². The van der Waals surface area contributed by atoms with Crippen LogP contribution in [0, 0.1) is 0 Å². The maximum atomic E-state index is 11.7. The van der Waals surface area contributed by atoms with Gasteiger partial charge in [-0.05, 0) is 31.9 Å². The standard InChI is InChI=1S/C13H19N3O2/c1-10(12-6-4-8-18-12)16-13(17)15-9-11-5-2-3-7-14-11/h2-3,5,7,10,12H,4,6,8-9H2,1H3,(H2,15,16,17). The summed E-state index contributed by atoms with van der Waals surface area (Å²) in [6, 6.07) is 5.49. The Morgan fingerprint density at radius 3 is 3.17 bits per heavy atom. The van der Waals surface area contributed by atoms with Gasteiger partial charge in [-0.3, -0.25) is 4.98 Å². The fraction of sp³-hybridized carbons (Fsp3) is 0.538. The van der Waals surface area contributed by atoms with Crippen LogP contribution < -0.4 is 10.6 Å². The number of carbonyl (C=O) groups excluding carboxylic acids is 1. The molecule has 0 spiro atoms. The Labute approximate surface area is 107 Å². The Morgan fingerprint density at radius 2 is 2.50 bits per heavy atom. The average Bonchev–Trinajstić information content (AvgIpc) is 2.91. The van der Waals surface area contributed by atoms with Crippen molar-refractivity contribution in [1.82, 2.24) is 15.6 Å². The zero-order valence-electron chi connectivity index (χ0n) is 10.6. The van der Waals surface area contributed by atoms with Crippen molar-refractivity contribution in [3.63, 3.8) is 0 Å². The van der Waals surface area contributed by atoms with E-state index in [1.54, 1.807) is 6.20 Å². The van der Waals surface area contributed by atoms with E-state index in [9.17, 15) is 4.79 Å². The van der Waals surface area contributed by atoms with Crippen molar-refractivity contribution >= 4 is 6.03 Å². The molecule has 5 heteroatoms. The smallest absolute Gasteiger partial charge is 0.315 e. The van der Waals surface area contributed by atoms with E-state index in [1.807, 2.05) is 25.1 Å². The van der Waals surface area contributed by atoms with Crippen LogP contribution in [0.3, 0.4) is 0 Å². The number of urea groups is 1. The summed E-state index contributed by atoms with van der Waals surface area (Å²) in [6.07, 6.45) is 3.95. The second-order valence-electron chi connectivity index (χ2n) is 4.49. The van der Waals surface area contributed by atoms with E-state index in [4.69, 9.17) is 4.74 Å². The molecule has 0 radical (unpaired) electrons. The normalized spacial score (nSPS) is 20.4. The second-order valence-corrected chi connectivity index (χ2v) is 4.49. The van der Waals surface area contributed by atoms with Crippen molar-refractivity contribution in [1.29, 1.82) is 0 Å². The molecule has 1 aromatic heterocycles. The summed E-state index contributed by atoms with van der Waals surface area (Å²) in [5.41, 5.74) is 0.845. The minimum Gasteiger partial charge on any atom is -0.376 e. The molecule has 2 heterocycles. The minimum atomic E-state index is -0.177. The summed E-state index contributed by atoms with van der Waals surface area (Å²) in [7, 11) is 0. The van der Waals surface area contributed by atoms with Gasteiger partial charge >= 0.3 is 6.03 Å². The lowest BCUT2D eigenvalue weighted by molar-refractivity contribution is 0.0860. The van der Waals surface area contributed by atoms with Crippen LogP contribution in [0.5, 0.6) is 0 Å². The van der Waals surface area contributed by atoms with Gasteiger partial charge in [-0.2, -0.15) is 0 Å². The van der Waals surface area contributed by atoms with Crippen molar-refractivity contribution < 1.29 is 9.53 Å². The highest BCUT2D eigenvalue weighted by molar-refractivity contribution is 5.74. The fourth-order valence-electron chi connectivity index (χ4n) is 2.02. The molecule has 2 atom stereocenters. The molecule has 0 aromatic carbocycles. The molecule has 1 aliphatic rings. The number of hydrogen-bond acceptors (Lipinski definition) is 3. The number of nitrogens with zero attached hydrogens (tertiary/aromatic N) is 1. The lowest BCUT2D eigenvalue weighted by Gasteiger charge is -2.20. The molecule has 2 unspecified atom stereocenters. The van der Waals surface area contributed by atoms with Gasteiger partial charge in [0.05, 0.1) is 24.4 Å². The third-order valence-electron chi connectivity index (χ3n) is 3.04. The van der Waals surface area contributed by atoms with Crippen LogP contribution in [-0.4, -0.2) is 29.8 Å². The van der Waals surface area contributed by atoms with E-state index in [-0.39, 0.29) is 18.2 Å². The van der Waals surface area contributed by atoms with Crippen molar-refractivity contribution in [2.45, 2.75) is 38.5 Å². The topological polar surface area (TPSA) is 63.2 Å². The summed E-state index contributed by atoms with van der Waals surface area (Å²) in [6.45, 7) is 3.20. The Hall–Kier alpha value is -1.62. The van der Waals surface area contributed by atoms with Crippen molar-refractivity contribution in [3.8, 4) is 0 Å². The molecule has 5 nitrogen and oxygen atoms in total. The third kappa shape index (κ3) is 3.70. The zero-order valence-corrected chi connectivity index (χ0v) is 10.6. The summed E-state index contributed by atoms with van der Waals surface area (Å²) in [5.74, 6) is 0. The first kappa shape index (κ1) is 12.8. The molecular formula is C13H19N3O2. The monoisotopic (exact) mass is 249 g/mol. The molecule has 98 valence electrons. The highest BCUT2D eigenvalue weighted by atomic mass is 16.5. The quantitative estimate of drug-likeness (QED) is 0.849. The summed E-state index contributed by atoms with van der Waals surface area (Å²) >= 11 is 0. The first-order valence-electron chi connectivity index (χ1n) is 6.31. The largest absolute Gasteiger partial charge is 0.376 e. The lowest BCUT2D eigenvalue weighted by Crippen LogP contribution is -2.45. The van der Waals surface area contributed by atoms with E-state index in [2.05, 4.69) is 15.6 Å². The van der Waals surface area contributed by atoms with E-state index in [1.165, 1.54) is 0 Å². The average molecular weight is 249 g/mol. The van der Waals surface area contributed by atoms with Gasteiger partial charge in [0.25, 0.3) is 0 Å². The molecule has 1 fully saturated rings. The summed E-state index contributed by atoms with van der Waals surface area (Å²) in [4.78, 5) is 15.8. The van der Waals surface area contributed by atoms with Crippen molar-refractivity contribution in [2.75, 3.05) is 6.61 Å². The number of rotatable bonds is 4. The molecule has 1 saturated heterocycles.